The Morgan fingerprint density at radius 3 is 2.57 bits per heavy atom. The standard InChI is InChI=1S/C19H21NO3/c1-22-18-9-12-5-6-20-11-13-3-4-15(21)7-14(13)8-17(20)16(12)10-19(18)23-2/h3-4,7,9-10,17,21H,5-6,8,11H2,1-2H3/t17-/m0/s1. The third kappa shape index (κ3) is 2.34. The van der Waals surface area contributed by atoms with E-state index in [-0.39, 0.29) is 0 Å². The lowest BCUT2D eigenvalue weighted by atomic mass is 9.84. The van der Waals surface area contributed by atoms with Gasteiger partial charge in [-0.1, -0.05) is 6.07 Å². The van der Waals surface area contributed by atoms with Crippen LogP contribution in [0, 0.1) is 0 Å². The van der Waals surface area contributed by atoms with E-state index in [9.17, 15) is 5.11 Å². The molecule has 0 unspecified atom stereocenters. The molecule has 4 rings (SSSR count). The van der Waals surface area contributed by atoms with Crippen LogP contribution >= 0.6 is 0 Å². The zero-order valence-electron chi connectivity index (χ0n) is 13.5. The molecule has 2 heterocycles. The molecule has 1 atom stereocenters. The normalized spacial score (nSPS) is 19.5. The highest BCUT2D eigenvalue weighted by Crippen LogP contribution is 2.42. The molecule has 1 N–H and O–H groups in total. The Morgan fingerprint density at radius 1 is 1.00 bits per heavy atom. The average Bonchev–Trinajstić information content (AvgIpc) is 2.58. The summed E-state index contributed by atoms with van der Waals surface area (Å²) in [5, 5.41) is 9.78. The first-order valence-corrected chi connectivity index (χ1v) is 7.99. The maximum Gasteiger partial charge on any atom is 0.161 e. The molecule has 0 fully saturated rings. The summed E-state index contributed by atoms with van der Waals surface area (Å²) in [6, 6.07) is 10.3. The van der Waals surface area contributed by atoms with Gasteiger partial charge in [0.2, 0.25) is 0 Å². The topological polar surface area (TPSA) is 41.9 Å². The summed E-state index contributed by atoms with van der Waals surface area (Å²) in [7, 11) is 3.36. The van der Waals surface area contributed by atoms with E-state index in [0.29, 0.717) is 11.8 Å². The first kappa shape index (κ1) is 14.4. The lowest BCUT2D eigenvalue weighted by Gasteiger charge is -2.41. The highest BCUT2D eigenvalue weighted by Gasteiger charge is 2.33. The molecule has 0 spiro atoms. The van der Waals surface area contributed by atoms with Crippen LogP contribution in [0.2, 0.25) is 0 Å². The van der Waals surface area contributed by atoms with Crippen molar-refractivity contribution >= 4 is 0 Å². The van der Waals surface area contributed by atoms with Crippen LogP contribution in [0.3, 0.4) is 0 Å². The van der Waals surface area contributed by atoms with E-state index in [1.807, 2.05) is 12.1 Å². The van der Waals surface area contributed by atoms with Crippen molar-refractivity contribution < 1.29 is 14.6 Å². The number of aromatic hydroxyl groups is 1. The van der Waals surface area contributed by atoms with Crippen LogP contribution in [0.5, 0.6) is 17.2 Å². The predicted octanol–water partition coefficient (Wildman–Crippen LogP) is 3.06. The second-order valence-electron chi connectivity index (χ2n) is 6.30. The molecule has 0 aliphatic carbocycles. The number of ether oxygens (including phenoxy) is 2. The number of phenols is 1. The molecule has 2 aliphatic rings. The van der Waals surface area contributed by atoms with E-state index in [4.69, 9.17) is 9.47 Å². The fraction of sp³-hybridized carbons (Fsp3) is 0.368. The van der Waals surface area contributed by atoms with Gasteiger partial charge in [0.25, 0.3) is 0 Å². The van der Waals surface area contributed by atoms with Crippen LogP contribution in [0.25, 0.3) is 0 Å². The Labute approximate surface area is 136 Å². The quantitative estimate of drug-likeness (QED) is 0.925. The van der Waals surface area contributed by atoms with E-state index >= 15 is 0 Å². The van der Waals surface area contributed by atoms with Crippen LogP contribution in [-0.2, 0) is 19.4 Å². The zero-order chi connectivity index (χ0) is 16.0. The Kier molecular flexibility index (Phi) is 3.42. The Balaban J connectivity index is 1.77. The number of rotatable bonds is 2. The van der Waals surface area contributed by atoms with Gasteiger partial charge in [-0.15, -0.1) is 0 Å². The second-order valence-corrected chi connectivity index (χ2v) is 6.30. The highest BCUT2D eigenvalue weighted by atomic mass is 16.5. The highest BCUT2D eigenvalue weighted by molar-refractivity contribution is 5.50. The molecule has 2 aliphatic heterocycles. The third-order valence-corrected chi connectivity index (χ3v) is 5.09. The maximum atomic E-state index is 9.78. The average molecular weight is 311 g/mol. The molecular weight excluding hydrogens is 290 g/mol. The van der Waals surface area contributed by atoms with Crippen molar-refractivity contribution in [1.82, 2.24) is 4.90 Å². The number of fused-ring (bicyclic) bond motifs is 4. The fourth-order valence-corrected chi connectivity index (χ4v) is 3.89. The van der Waals surface area contributed by atoms with Crippen molar-refractivity contribution in [3.63, 3.8) is 0 Å². The molecule has 0 saturated heterocycles. The molecule has 0 saturated carbocycles. The van der Waals surface area contributed by atoms with Crippen LogP contribution in [-0.4, -0.2) is 30.8 Å². The van der Waals surface area contributed by atoms with Gasteiger partial charge in [0.1, 0.15) is 5.75 Å². The van der Waals surface area contributed by atoms with Gasteiger partial charge in [-0.25, -0.2) is 0 Å². The number of nitrogens with zero attached hydrogens (tertiary/aromatic N) is 1. The monoisotopic (exact) mass is 311 g/mol. The lowest BCUT2D eigenvalue weighted by molar-refractivity contribution is 0.160. The van der Waals surface area contributed by atoms with Gasteiger partial charge in [-0.3, -0.25) is 4.90 Å². The number of hydrogen-bond acceptors (Lipinski definition) is 4. The predicted molar refractivity (Wildman–Crippen MR) is 88.2 cm³/mol. The zero-order valence-corrected chi connectivity index (χ0v) is 13.5. The summed E-state index contributed by atoms with van der Waals surface area (Å²) < 4.78 is 10.9. The van der Waals surface area contributed by atoms with Gasteiger partial charge in [-0.2, -0.15) is 0 Å². The van der Waals surface area contributed by atoms with Gasteiger partial charge in [0, 0.05) is 19.1 Å². The van der Waals surface area contributed by atoms with Crippen molar-refractivity contribution in [3.8, 4) is 17.2 Å². The van der Waals surface area contributed by atoms with E-state index < -0.39 is 0 Å². The molecule has 4 nitrogen and oxygen atoms in total. The molecule has 2 aromatic rings. The van der Waals surface area contributed by atoms with Crippen molar-refractivity contribution in [1.29, 1.82) is 0 Å². The molecule has 4 heteroatoms. The molecule has 2 aromatic carbocycles. The van der Waals surface area contributed by atoms with Gasteiger partial charge in [-0.05, 0) is 59.4 Å². The largest absolute Gasteiger partial charge is 0.508 e. The van der Waals surface area contributed by atoms with Crippen molar-refractivity contribution in [2.75, 3.05) is 20.8 Å². The molecule has 0 amide bonds. The first-order chi connectivity index (χ1) is 11.2. The summed E-state index contributed by atoms with van der Waals surface area (Å²) in [5.41, 5.74) is 5.23. The minimum absolute atomic E-state index is 0.341. The third-order valence-electron chi connectivity index (χ3n) is 5.09. The molecule has 0 bridgehead atoms. The summed E-state index contributed by atoms with van der Waals surface area (Å²) in [5.74, 6) is 1.93. The minimum Gasteiger partial charge on any atom is -0.508 e. The summed E-state index contributed by atoms with van der Waals surface area (Å²) in [6.07, 6.45) is 1.95. The summed E-state index contributed by atoms with van der Waals surface area (Å²) >= 11 is 0. The smallest absolute Gasteiger partial charge is 0.161 e. The number of phenolic OH excluding ortho intramolecular Hbond substituents is 1. The van der Waals surface area contributed by atoms with Crippen molar-refractivity contribution in [2.24, 2.45) is 0 Å². The van der Waals surface area contributed by atoms with Crippen LogP contribution in [0.4, 0.5) is 0 Å². The Hall–Kier alpha value is -2.20. The molecule has 120 valence electrons. The van der Waals surface area contributed by atoms with Crippen LogP contribution < -0.4 is 9.47 Å². The second kappa shape index (κ2) is 5.46. The van der Waals surface area contributed by atoms with Crippen molar-refractivity contribution in [2.45, 2.75) is 25.4 Å². The molecule has 0 aromatic heterocycles. The molecule has 0 radical (unpaired) electrons. The summed E-state index contributed by atoms with van der Waals surface area (Å²) in [6.45, 7) is 1.99. The SMILES string of the molecule is COc1cc2c(cc1OC)[C@@H]1Cc3cc(O)ccc3CN1CC2. The van der Waals surface area contributed by atoms with Gasteiger partial charge in [0.15, 0.2) is 11.5 Å². The van der Waals surface area contributed by atoms with Crippen LogP contribution in [0.1, 0.15) is 28.3 Å². The van der Waals surface area contributed by atoms with Crippen LogP contribution in [0.15, 0.2) is 30.3 Å². The lowest BCUT2D eigenvalue weighted by Crippen LogP contribution is -2.39. The summed E-state index contributed by atoms with van der Waals surface area (Å²) in [4.78, 5) is 2.52. The fourth-order valence-electron chi connectivity index (χ4n) is 3.89. The van der Waals surface area contributed by atoms with E-state index in [0.717, 1.165) is 37.4 Å². The van der Waals surface area contributed by atoms with Gasteiger partial charge in [0.05, 0.1) is 14.2 Å². The maximum absolute atomic E-state index is 9.78. The number of hydrogen-bond donors (Lipinski definition) is 1. The first-order valence-electron chi connectivity index (χ1n) is 7.99. The Morgan fingerprint density at radius 2 is 1.78 bits per heavy atom. The Bertz CT molecular complexity index is 757. The van der Waals surface area contributed by atoms with E-state index in [1.54, 1.807) is 20.3 Å². The number of methoxy groups -OCH3 is 2. The van der Waals surface area contributed by atoms with E-state index in [2.05, 4.69) is 17.0 Å². The number of benzene rings is 2. The van der Waals surface area contributed by atoms with E-state index in [1.165, 1.54) is 22.3 Å². The van der Waals surface area contributed by atoms with Gasteiger partial charge < -0.3 is 14.6 Å². The molecular formula is C19H21NO3. The van der Waals surface area contributed by atoms with Gasteiger partial charge >= 0.3 is 0 Å². The van der Waals surface area contributed by atoms with Crippen molar-refractivity contribution in [3.05, 3.63) is 52.6 Å². The minimum atomic E-state index is 0.341. The molecule has 23 heavy (non-hydrogen) atoms.